The topological polar surface area (TPSA) is 4.93 Å². The Balaban J connectivity index is 3.06. The first kappa shape index (κ1) is 7.86. The summed E-state index contributed by atoms with van der Waals surface area (Å²) in [5.74, 6) is 0. The highest BCUT2D eigenvalue weighted by Gasteiger charge is 1.97. The van der Waals surface area contributed by atoms with E-state index in [2.05, 4.69) is 36.8 Å². The van der Waals surface area contributed by atoms with Crippen molar-refractivity contribution in [1.82, 2.24) is 4.57 Å². The molecule has 0 N–H and O–H groups in total. The first-order valence-electron chi connectivity index (χ1n) is 3.69. The van der Waals surface area contributed by atoms with Gasteiger partial charge in [-0.05, 0) is 25.1 Å². The minimum Gasteiger partial charge on any atom is -0.342 e. The lowest BCUT2D eigenvalue weighted by molar-refractivity contribution is 0.790. The van der Waals surface area contributed by atoms with Crippen LogP contribution >= 0.6 is 0 Å². The molecule has 0 atom stereocenters. The monoisotopic (exact) mass is 147 g/mol. The van der Waals surface area contributed by atoms with Crippen LogP contribution in [0.15, 0.2) is 31.4 Å². The first-order chi connectivity index (χ1) is 5.29. The van der Waals surface area contributed by atoms with E-state index in [-0.39, 0.29) is 0 Å². The second-order valence-corrected chi connectivity index (χ2v) is 2.50. The number of rotatable bonds is 3. The average Bonchev–Trinajstić information content (AvgIpc) is 2.34. The second-order valence-electron chi connectivity index (χ2n) is 2.50. The molecular weight excluding hydrogens is 134 g/mol. The van der Waals surface area contributed by atoms with Gasteiger partial charge in [-0.3, -0.25) is 0 Å². The number of aryl methyl sites for hydroxylation is 1. The maximum Gasteiger partial charge on any atom is 0.0406 e. The summed E-state index contributed by atoms with van der Waals surface area (Å²) in [5, 5.41) is 0. The van der Waals surface area contributed by atoms with E-state index in [1.54, 1.807) is 0 Å². The third kappa shape index (κ3) is 1.43. The van der Waals surface area contributed by atoms with Gasteiger partial charge in [-0.2, -0.15) is 0 Å². The van der Waals surface area contributed by atoms with E-state index in [0.717, 1.165) is 12.2 Å². The predicted molar refractivity (Wildman–Crippen MR) is 49.5 cm³/mol. The number of hydrogen-bond donors (Lipinski definition) is 0. The summed E-state index contributed by atoms with van der Waals surface area (Å²) < 4.78 is 2.17. The molecule has 1 aromatic heterocycles. The standard InChI is InChI=1S/C10H13N/c1-4-8-11-9(3)6-7-10(11)5-2/h4-7H,1-2,8H2,3H3. The third-order valence-corrected chi connectivity index (χ3v) is 1.75. The van der Waals surface area contributed by atoms with Crippen LogP contribution in [0.4, 0.5) is 0 Å². The molecule has 0 saturated heterocycles. The highest BCUT2D eigenvalue weighted by Crippen LogP contribution is 2.08. The van der Waals surface area contributed by atoms with E-state index in [1.807, 2.05) is 12.2 Å². The van der Waals surface area contributed by atoms with Crippen molar-refractivity contribution in [2.75, 3.05) is 0 Å². The van der Waals surface area contributed by atoms with Crippen molar-refractivity contribution in [1.29, 1.82) is 0 Å². The van der Waals surface area contributed by atoms with Crippen LogP contribution in [0.25, 0.3) is 6.08 Å². The predicted octanol–water partition coefficient (Wildman–Crippen LogP) is 2.63. The van der Waals surface area contributed by atoms with Gasteiger partial charge in [-0.25, -0.2) is 0 Å². The Morgan fingerprint density at radius 3 is 2.73 bits per heavy atom. The van der Waals surface area contributed by atoms with E-state index in [9.17, 15) is 0 Å². The summed E-state index contributed by atoms with van der Waals surface area (Å²) in [6, 6.07) is 4.15. The van der Waals surface area contributed by atoms with Crippen LogP contribution in [-0.4, -0.2) is 4.57 Å². The van der Waals surface area contributed by atoms with Gasteiger partial charge in [0.15, 0.2) is 0 Å². The molecule has 0 fully saturated rings. The summed E-state index contributed by atoms with van der Waals surface area (Å²) in [4.78, 5) is 0. The lowest BCUT2D eigenvalue weighted by atomic mass is 10.4. The molecule has 11 heavy (non-hydrogen) atoms. The average molecular weight is 147 g/mol. The summed E-state index contributed by atoms with van der Waals surface area (Å²) in [5.41, 5.74) is 2.40. The van der Waals surface area contributed by atoms with Crippen LogP contribution in [0.1, 0.15) is 11.4 Å². The fourth-order valence-electron chi connectivity index (χ4n) is 1.15. The number of nitrogens with zero attached hydrogens (tertiary/aromatic N) is 1. The lowest BCUT2D eigenvalue weighted by Crippen LogP contribution is -1.98. The number of hydrogen-bond acceptors (Lipinski definition) is 0. The highest BCUT2D eigenvalue weighted by atomic mass is 15.0. The summed E-state index contributed by atoms with van der Waals surface area (Å²) in [6.45, 7) is 10.4. The van der Waals surface area contributed by atoms with Crippen molar-refractivity contribution in [2.24, 2.45) is 0 Å². The number of allylic oxidation sites excluding steroid dienone is 1. The molecule has 0 bridgehead atoms. The van der Waals surface area contributed by atoms with Gasteiger partial charge in [0.05, 0.1) is 0 Å². The van der Waals surface area contributed by atoms with Crippen molar-refractivity contribution in [3.05, 3.63) is 42.8 Å². The molecule has 58 valence electrons. The quantitative estimate of drug-likeness (QED) is 0.579. The van der Waals surface area contributed by atoms with Crippen molar-refractivity contribution in [3.8, 4) is 0 Å². The van der Waals surface area contributed by atoms with Crippen molar-refractivity contribution in [2.45, 2.75) is 13.5 Å². The van der Waals surface area contributed by atoms with Gasteiger partial charge in [-0.1, -0.05) is 12.7 Å². The normalized spacial score (nSPS) is 9.55. The molecular formula is C10H13N. The highest BCUT2D eigenvalue weighted by molar-refractivity contribution is 5.44. The van der Waals surface area contributed by atoms with Gasteiger partial charge in [0.25, 0.3) is 0 Å². The third-order valence-electron chi connectivity index (χ3n) is 1.75. The van der Waals surface area contributed by atoms with E-state index in [1.165, 1.54) is 5.69 Å². The minimum absolute atomic E-state index is 0.861. The summed E-state index contributed by atoms with van der Waals surface area (Å²) >= 11 is 0. The molecule has 1 aromatic rings. The largest absolute Gasteiger partial charge is 0.342 e. The molecule has 0 amide bonds. The van der Waals surface area contributed by atoms with Crippen LogP contribution in [0.5, 0.6) is 0 Å². The lowest BCUT2D eigenvalue weighted by Gasteiger charge is -2.04. The van der Waals surface area contributed by atoms with E-state index in [4.69, 9.17) is 0 Å². The zero-order chi connectivity index (χ0) is 8.27. The fraction of sp³-hybridized carbons (Fsp3) is 0.200. The zero-order valence-corrected chi connectivity index (χ0v) is 6.88. The van der Waals surface area contributed by atoms with E-state index >= 15 is 0 Å². The second kappa shape index (κ2) is 3.24. The van der Waals surface area contributed by atoms with Crippen LogP contribution in [-0.2, 0) is 6.54 Å². The molecule has 0 aromatic carbocycles. The molecule has 0 aliphatic carbocycles. The Kier molecular flexibility index (Phi) is 2.32. The first-order valence-corrected chi connectivity index (χ1v) is 3.69. The van der Waals surface area contributed by atoms with Gasteiger partial charge < -0.3 is 4.57 Å². The SMILES string of the molecule is C=CCn1c(C)ccc1C=C. The Labute approximate surface area is 67.7 Å². The van der Waals surface area contributed by atoms with Gasteiger partial charge in [-0.15, -0.1) is 6.58 Å². The number of aromatic nitrogens is 1. The molecule has 1 heterocycles. The van der Waals surface area contributed by atoms with Crippen molar-refractivity contribution in [3.63, 3.8) is 0 Å². The fourth-order valence-corrected chi connectivity index (χ4v) is 1.15. The van der Waals surface area contributed by atoms with E-state index in [0.29, 0.717) is 0 Å². The molecule has 1 nitrogen and oxygen atoms in total. The van der Waals surface area contributed by atoms with Crippen LogP contribution in [0.2, 0.25) is 0 Å². The van der Waals surface area contributed by atoms with Gasteiger partial charge in [0.1, 0.15) is 0 Å². The maximum atomic E-state index is 3.73. The van der Waals surface area contributed by atoms with Crippen molar-refractivity contribution < 1.29 is 0 Å². The van der Waals surface area contributed by atoms with Crippen molar-refractivity contribution >= 4 is 6.08 Å². The van der Waals surface area contributed by atoms with E-state index < -0.39 is 0 Å². The Bertz CT molecular complexity index is 268. The molecule has 0 aliphatic heterocycles. The van der Waals surface area contributed by atoms with Gasteiger partial charge in [0, 0.05) is 17.9 Å². The maximum absolute atomic E-state index is 3.73. The van der Waals surface area contributed by atoms with Gasteiger partial charge >= 0.3 is 0 Å². The molecule has 0 spiro atoms. The Morgan fingerprint density at radius 2 is 2.18 bits per heavy atom. The Morgan fingerprint density at radius 1 is 1.45 bits per heavy atom. The molecule has 1 heteroatoms. The smallest absolute Gasteiger partial charge is 0.0406 e. The summed E-state index contributed by atoms with van der Waals surface area (Å²) in [7, 11) is 0. The molecule has 0 saturated carbocycles. The molecule has 1 rings (SSSR count). The van der Waals surface area contributed by atoms with Crippen LogP contribution in [0.3, 0.4) is 0 Å². The van der Waals surface area contributed by atoms with Crippen LogP contribution < -0.4 is 0 Å². The zero-order valence-electron chi connectivity index (χ0n) is 6.88. The van der Waals surface area contributed by atoms with Gasteiger partial charge in [0.2, 0.25) is 0 Å². The Hall–Kier alpha value is -1.24. The summed E-state index contributed by atoms with van der Waals surface area (Å²) in [6.07, 6.45) is 3.75. The molecule has 0 unspecified atom stereocenters. The molecule has 0 aliphatic rings. The van der Waals surface area contributed by atoms with Crippen LogP contribution in [0, 0.1) is 6.92 Å². The molecule has 0 radical (unpaired) electrons. The minimum atomic E-state index is 0.861.